The van der Waals surface area contributed by atoms with Crippen molar-refractivity contribution in [3.8, 4) is 0 Å². The number of benzene rings is 1. The van der Waals surface area contributed by atoms with Gasteiger partial charge in [0.25, 0.3) is 0 Å². The molecule has 0 N–H and O–H groups in total. The van der Waals surface area contributed by atoms with E-state index in [1.54, 1.807) is 9.75 Å². The molecule has 0 nitrogen and oxygen atoms in total. The molecule has 26 heavy (non-hydrogen) atoms. The first-order chi connectivity index (χ1) is 12.3. The molecule has 0 bridgehead atoms. The molecule has 140 valence electrons. The summed E-state index contributed by atoms with van der Waals surface area (Å²) in [6.45, 7) is 13.9. The Morgan fingerprint density at radius 2 is 1.31 bits per heavy atom. The maximum absolute atomic E-state index is 2.43. The highest BCUT2D eigenvalue weighted by molar-refractivity contribution is 7.19. The first-order valence-electron chi connectivity index (χ1n) is 9.98. The molecule has 2 heteroatoms. The van der Waals surface area contributed by atoms with E-state index in [1.807, 2.05) is 22.7 Å². The fourth-order valence-electron chi connectivity index (χ4n) is 3.41. The SMILES string of the molecule is CC(C)c1ccc2sc(C(C)CCC(C)c3ccc(C(C)C)s3)cc2c1. The van der Waals surface area contributed by atoms with Gasteiger partial charge in [-0.15, -0.1) is 22.7 Å². The van der Waals surface area contributed by atoms with Crippen molar-refractivity contribution in [1.29, 1.82) is 0 Å². The Labute approximate surface area is 167 Å². The van der Waals surface area contributed by atoms with Crippen molar-refractivity contribution in [2.75, 3.05) is 0 Å². The number of fused-ring (bicyclic) bond motifs is 1. The first kappa shape index (κ1) is 19.6. The second-order valence-corrected chi connectivity index (χ2v) is 10.6. The molecule has 2 aromatic heterocycles. The van der Waals surface area contributed by atoms with Crippen molar-refractivity contribution in [2.24, 2.45) is 0 Å². The molecular formula is C24H32S2. The van der Waals surface area contributed by atoms with Crippen molar-refractivity contribution in [1.82, 2.24) is 0 Å². The average molecular weight is 385 g/mol. The van der Waals surface area contributed by atoms with Gasteiger partial charge < -0.3 is 0 Å². The predicted molar refractivity (Wildman–Crippen MR) is 120 cm³/mol. The van der Waals surface area contributed by atoms with Crippen molar-refractivity contribution >= 4 is 32.8 Å². The summed E-state index contributed by atoms with van der Waals surface area (Å²) in [6, 6.07) is 14.1. The lowest BCUT2D eigenvalue weighted by atomic mass is 9.95. The van der Waals surface area contributed by atoms with Crippen molar-refractivity contribution < 1.29 is 0 Å². The fraction of sp³-hybridized carbons (Fsp3) is 0.500. The van der Waals surface area contributed by atoms with E-state index in [0.29, 0.717) is 23.7 Å². The third-order valence-corrected chi connectivity index (χ3v) is 8.41. The first-order valence-corrected chi connectivity index (χ1v) is 11.6. The van der Waals surface area contributed by atoms with Crippen LogP contribution in [0, 0.1) is 0 Å². The zero-order chi connectivity index (χ0) is 18.8. The van der Waals surface area contributed by atoms with Crippen molar-refractivity contribution in [2.45, 2.75) is 78.1 Å². The highest BCUT2D eigenvalue weighted by Crippen LogP contribution is 2.37. The molecule has 2 atom stereocenters. The molecule has 3 aromatic rings. The van der Waals surface area contributed by atoms with Crippen LogP contribution in [0.25, 0.3) is 10.1 Å². The van der Waals surface area contributed by atoms with Crippen molar-refractivity contribution in [3.05, 3.63) is 56.6 Å². The molecule has 0 amide bonds. The average Bonchev–Trinajstić information content (AvgIpc) is 3.25. The van der Waals surface area contributed by atoms with E-state index in [0.717, 1.165) is 0 Å². The summed E-state index contributed by atoms with van der Waals surface area (Å²) in [5.74, 6) is 2.55. The molecule has 0 aliphatic heterocycles. The Kier molecular flexibility index (Phi) is 6.25. The van der Waals surface area contributed by atoms with Gasteiger partial charge in [-0.05, 0) is 71.7 Å². The third kappa shape index (κ3) is 4.40. The number of rotatable bonds is 7. The number of hydrogen-bond acceptors (Lipinski definition) is 2. The van der Waals surface area contributed by atoms with Gasteiger partial charge in [-0.2, -0.15) is 0 Å². The van der Waals surface area contributed by atoms with Gasteiger partial charge in [0.2, 0.25) is 0 Å². The number of thiophene rings is 2. The molecule has 0 aliphatic rings. The van der Waals surface area contributed by atoms with Crippen LogP contribution in [0.1, 0.15) is 98.3 Å². The Morgan fingerprint density at radius 3 is 1.92 bits per heavy atom. The van der Waals surface area contributed by atoms with Gasteiger partial charge in [0.1, 0.15) is 0 Å². The Balaban J connectivity index is 1.65. The zero-order valence-corrected chi connectivity index (χ0v) is 18.6. The van der Waals surface area contributed by atoms with Crippen LogP contribution in [0.4, 0.5) is 0 Å². The lowest BCUT2D eigenvalue weighted by Gasteiger charge is -2.13. The van der Waals surface area contributed by atoms with E-state index in [1.165, 1.54) is 33.4 Å². The van der Waals surface area contributed by atoms with E-state index in [4.69, 9.17) is 0 Å². The quantitative estimate of drug-likeness (QED) is 0.381. The lowest BCUT2D eigenvalue weighted by molar-refractivity contribution is 0.584. The van der Waals surface area contributed by atoms with Crippen molar-refractivity contribution in [3.63, 3.8) is 0 Å². The zero-order valence-electron chi connectivity index (χ0n) is 17.0. The monoisotopic (exact) mass is 384 g/mol. The summed E-state index contributed by atoms with van der Waals surface area (Å²) in [7, 11) is 0. The van der Waals surface area contributed by atoms with Crippen LogP contribution >= 0.6 is 22.7 Å². The summed E-state index contributed by atoms with van der Waals surface area (Å²) in [5.41, 5.74) is 1.45. The molecular weight excluding hydrogens is 352 g/mol. The Hall–Kier alpha value is -1.12. The van der Waals surface area contributed by atoms with Crippen LogP contribution in [-0.2, 0) is 0 Å². The molecule has 3 rings (SSSR count). The van der Waals surface area contributed by atoms with Crippen LogP contribution in [0.5, 0.6) is 0 Å². The molecule has 2 heterocycles. The highest BCUT2D eigenvalue weighted by Gasteiger charge is 2.15. The molecule has 0 saturated carbocycles. The van der Waals surface area contributed by atoms with Crippen LogP contribution in [0.2, 0.25) is 0 Å². The van der Waals surface area contributed by atoms with E-state index in [-0.39, 0.29) is 0 Å². The Morgan fingerprint density at radius 1 is 0.654 bits per heavy atom. The minimum Gasteiger partial charge on any atom is -0.145 e. The molecule has 2 unspecified atom stereocenters. The molecule has 1 aromatic carbocycles. The summed E-state index contributed by atoms with van der Waals surface area (Å²) in [6.07, 6.45) is 2.53. The van der Waals surface area contributed by atoms with E-state index in [9.17, 15) is 0 Å². The second kappa shape index (κ2) is 8.27. The smallest absolute Gasteiger partial charge is 0.0345 e. The van der Waals surface area contributed by atoms with Gasteiger partial charge >= 0.3 is 0 Å². The summed E-state index contributed by atoms with van der Waals surface area (Å²) >= 11 is 3.99. The van der Waals surface area contributed by atoms with Crippen LogP contribution in [0.3, 0.4) is 0 Å². The topological polar surface area (TPSA) is 0 Å². The van der Waals surface area contributed by atoms with Gasteiger partial charge in [-0.25, -0.2) is 0 Å². The Bertz CT molecular complexity index is 850. The van der Waals surface area contributed by atoms with Gasteiger partial charge in [-0.3, -0.25) is 0 Å². The minimum atomic E-state index is 0.600. The largest absolute Gasteiger partial charge is 0.145 e. The normalized spacial score (nSPS) is 14.5. The highest BCUT2D eigenvalue weighted by atomic mass is 32.1. The van der Waals surface area contributed by atoms with E-state index >= 15 is 0 Å². The van der Waals surface area contributed by atoms with Gasteiger partial charge in [-0.1, -0.05) is 53.7 Å². The predicted octanol–water partition coefficient (Wildman–Crippen LogP) is 8.90. The molecule has 0 aliphatic carbocycles. The fourth-order valence-corrected chi connectivity index (χ4v) is 5.64. The second-order valence-electron chi connectivity index (χ2n) is 8.38. The summed E-state index contributed by atoms with van der Waals surface area (Å²) in [5, 5.41) is 1.43. The van der Waals surface area contributed by atoms with Gasteiger partial charge in [0.05, 0.1) is 0 Å². The maximum Gasteiger partial charge on any atom is 0.0345 e. The standard InChI is InChI=1S/C24H32S2/c1-15(2)19-9-10-23-20(13-19)14-24(26-23)18(6)8-7-17(5)22-12-11-21(25-22)16(3)4/h9-18H,7-8H2,1-6H3. The van der Waals surface area contributed by atoms with Gasteiger partial charge in [0.15, 0.2) is 0 Å². The minimum absolute atomic E-state index is 0.600. The van der Waals surface area contributed by atoms with Crippen LogP contribution in [-0.4, -0.2) is 0 Å². The van der Waals surface area contributed by atoms with Crippen LogP contribution < -0.4 is 0 Å². The molecule has 0 saturated heterocycles. The van der Waals surface area contributed by atoms with E-state index < -0.39 is 0 Å². The third-order valence-electron chi connectivity index (χ3n) is 5.45. The van der Waals surface area contributed by atoms with Crippen LogP contribution in [0.15, 0.2) is 36.4 Å². The summed E-state index contributed by atoms with van der Waals surface area (Å²) < 4.78 is 1.43. The molecule has 0 radical (unpaired) electrons. The van der Waals surface area contributed by atoms with Gasteiger partial charge in [0, 0.05) is 19.3 Å². The lowest BCUT2D eigenvalue weighted by Crippen LogP contribution is -1.96. The molecule has 0 spiro atoms. The van der Waals surface area contributed by atoms with E-state index in [2.05, 4.69) is 77.9 Å². The molecule has 0 fully saturated rings. The summed E-state index contributed by atoms with van der Waals surface area (Å²) in [4.78, 5) is 4.62. The number of hydrogen-bond donors (Lipinski definition) is 0. The maximum atomic E-state index is 2.43.